The molecule has 0 spiro atoms. The fourth-order valence-corrected chi connectivity index (χ4v) is 10.6. The molecule has 0 aliphatic carbocycles. The first kappa shape index (κ1) is 45.0. The normalized spacial score (nSPS) is 21.3. The van der Waals surface area contributed by atoms with Crippen molar-refractivity contribution in [3.05, 3.63) is 77.5 Å². The summed E-state index contributed by atoms with van der Waals surface area (Å²) < 4.78 is 64.7. The van der Waals surface area contributed by atoms with E-state index < -0.39 is 29.4 Å². The van der Waals surface area contributed by atoms with Gasteiger partial charge in [-0.05, 0) is 79.9 Å². The van der Waals surface area contributed by atoms with E-state index in [0.717, 1.165) is 44.2 Å². The maximum Gasteiger partial charge on any atom is 0.410 e. The molecule has 346 valence electrons. The Labute approximate surface area is 382 Å². The van der Waals surface area contributed by atoms with Crippen LogP contribution in [0.25, 0.3) is 32.9 Å². The largest absolute Gasteiger partial charge is 0.508 e. The lowest BCUT2D eigenvalue weighted by molar-refractivity contribution is -0.134. The second kappa shape index (κ2) is 19.4. The highest BCUT2D eigenvalue weighted by Crippen LogP contribution is 2.43. The number of phenols is 1. The third-order valence-corrected chi connectivity index (χ3v) is 13.8. The minimum atomic E-state index is -0.984. The number of ether oxygens (including phenoxy) is 3. The van der Waals surface area contributed by atoms with Crippen LogP contribution in [-0.4, -0.2) is 98.5 Å². The number of unbranched alkanes of at least 4 members (excludes halogenated alkanes) is 6. The smallest absolute Gasteiger partial charge is 0.410 e. The number of benzene rings is 3. The molecule has 3 aromatic carbocycles. The number of nitrogens with zero attached hydrogens (tertiary/aromatic N) is 6. The van der Waals surface area contributed by atoms with E-state index in [9.17, 15) is 19.1 Å². The molecule has 4 atom stereocenters. The fraction of sp³-hybridized carbons (Fsp3) is 0.471. The number of carbonyl (C=O) groups excluding carboxylic acids is 2. The molecule has 4 aliphatic heterocycles. The van der Waals surface area contributed by atoms with Crippen molar-refractivity contribution in [2.24, 2.45) is 0 Å². The van der Waals surface area contributed by atoms with Crippen LogP contribution in [0, 0.1) is 24.0 Å². The second-order valence-corrected chi connectivity index (χ2v) is 18.3. The van der Waals surface area contributed by atoms with Crippen LogP contribution in [0.4, 0.5) is 23.8 Å². The number of hydrogen-bond donors (Lipinski definition) is 1. The average molecular weight is 905 g/mol. The SMILES string of the molecule is C#Cc1c(F)ccc2cc(O)cc(-c3ncc4c(N5CC6CCC(C5)N6C(=O)OCc5ccc(OC(=O)CCCCCCCCC)cc5)nc(OC[C@@]56CCCN5C[C@H](F)C6)nc4c3F)c12. The predicted molar refractivity (Wildman–Crippen MR) is 244 cm³/mol. The molecular formula is C51H55F3N6O6. The van der Waals surface area contributed by atoms with Crippen molar-refractivity contribution in [2.75, 3.05) is 37.7 Å². The van der Waals surface area contributed by atoms with Crippen LogP contribution < -0.4 is 14.4 Å². The summed E-state index contributed by atoms with van der Waals surface area (Å²) in [4.78, 5) is 45.9. The zero-order chi connectivity index (χ0) is 46.0. The molecule has 2 unspecified atom stereocenters. The Morgan fingerprint density at radius 1 is 0.970 bits per heavy atom. The number of terminal acetylenes is 1. The van der Waals surface area contributed by atoms with Gasteiger partial charge in [-0.25, -0.2) is 18.0 Å². The van der Waals surface area contributed by atoms with E-state index in [1.165, 1.54) is 56.1 Å². The third-order valence-electron chi connectivity index (χ3n) is 13.8. The molecule has 12 nitrogen and oxygen atoms in total. The van der Waals surface area contributed by atoms with Gasteiger partial charge in [0.25, 0.3) is 0 Å². The van der Waals surface area contributed by atoms with E-state index in [0.29, 0.717) is 62.3 Å². The Balaban J connectivity index is 0.926. The monoisotopic (exact) mass is 904 g/mol. The van der Waals surface area contributed by atoms with Crippen molar-refractivity contribution < 1.29 is 42.1 Å². The Morgan fingerprint density at radius 2 is 1.73 bits per heavy atom. The predicted octanol–water partition coefficient (Wildman–Crippen LogP) is 9.80. The highest BCUT2D eigenvalue weighted by atomic mass is 19.1. The fourth-order valence-electron chi connectivity index (χ4n) is 10.6. The molecule has 1 amide bonds. The van der Waals surface area contributed by atoms with Gasteiger partial charge in [0, 0.05) is 49.6 Å². The van der Waals surface area contributed by atoms with Gasteiger partial charge in [-0.2, -0.15) is 9.97 Å². The molecule has 4 aliphatic rings. The first-order valence-corrected chi connectivity index (χ1v) is 23.3. The van der Waals surface area contributed by atoms with Crippen LogP contribution in [0.1, 0.15) is 102 Å². The van der Waals surface area contributed by atoms with Crippen LogP contribution in [-0.2, 0) is 16.1 Å². The minimum absolute atomic E-state index is 0.0291. The molecule has 66 heavy (non-hydrogen) atoms. The van der Waals surface area contributed by atoms with E-state index in [1.807, 2.05) is 4.90 Å². The molecule has 0 saturated carbocycles. The summed E-state index contributed by atoms with van der Waals surface area (Å²) >= 11 is 0. The quantitative estimate of drug-likeness (QED) is 0.0440. The Hall–Kier alpha value is -6.14. The van der Waals surface area contributed by atoms with Gasteiger partial charge in [-0.1, -0.05) is 69.6 Å². The van der Waals surface area contributed by atoms with Crippen molar-refractivity contribution >= 4 is 39.6 Å². The van der Waals surface area contributed by atoms with Gasteiger partial charge in [-0.15, -0.1) is 6.42 Å². The van der Waals surface area contributed by atoms with Crippen molar-refractivity contribution in [2.45, 2.75) is 121 Å². The molecule has 1 N–H and O–H groups in total. The zero-order valence-electron chi connectivity index (χ0n) is 37.2. The van der Waals surface area contributed by atoms with E-state index in [-0.39, 0.29) is 76.1 Å². The van der Waals surface area contributed by atoms with E-state index in [1.54, 1.807) is 29.2 Å². The number of aromatic hydroxyl groups is 1. The molecule has 5 aromatic rings. The van der Waals surface area contributed by atoms with Gasteiger partial charge in [0.1, 0.15) is 53.7 Å². The number of carbonyl (C=O) groups is 2. The molecule has 6 heterocycles. The lowest BCUT2D eigenvalue weighted by Crippen LogP contribution is -2.56. The molecule has 4 fully saturated rings. The van der Waals surface area contributed by atoms with Crippen LogP contribution in [0.15, 0.2) is 54.7 Å². The number of rotatable bonds is 16. The molecule has 0 radical (unpaired) electrons. The van der Waals surface area contributed by atoms with Crippen molar-refractivity contribution in [1.29, 1.82) is 0 Å². The van der Waals surface area contributed by atoms with Crippen molar-refractivity contribution in [3.8, 4) is 41.1 Å². The number of pyridine rings is 1. The molecule has 4 saturated heterocycles. The standard InChI is InChI=1S/C51H55F3N6O6/c1-3-5-6-7-8-9-10-12-43(62)66-38-18-13-32(14-19-38)30-64-50(63)60-35-16-17-36(60)29-58(28-35)48-41-26-55-46(40-24-37(61)23-33-15-20-42(53)39(4-2)44(33)40)45(54)47(41)56-49(57-48)65-31-51-21-11-22-59(51)27-34(52)25-51/h2,13-15,18-20,23-24,26,34-36,61H,3,5-12,16-17,21-22,25,27-31H2,1H3/t34-,35?,36?,51+/m1/s1. The summed E-state index contributed by atoms with van der Waals surface area (Å²) in [5, 5.41) is 11.6. The number of anilines is 1. The number of amides is 1. The molecule has 2 aromatic heterocycles. The van der Waals surface area contributed by atoms with Gasteiger partial charge in [-0.3, -0.25) is 19.6 Å². The number of hydrogen-bond acceptors (Lipinski definition) is 11. The molecule has 9 rings (SSSR count). The topological polar surface area (TPSA) is 130 Å². The summed E-state index contributed by atoms with van der Waals surface area (Å²) in [7, 11) is 0. The molecule has 2 bridgehead atoms. The maximum atomic E-state index is 17.2. The summed E-state index contributed by atoms with van der Waals surface area (Å²) in [5.41, 5.74) is -0.125. The zero-order valence-corrected chi connectivity index (χ0v) is 37.2. The van der Waals surface area contributed by atoms with Crippen molar-refractivity contribution in [3.63, 3.8) is 0 Å². The van der Waals surface area contributed by atoms with E-state index in [4.69, 9.17) is 25.6 Å². The summed E-state index contributed by atoms with van der Waals surface area (Å²) in [6.07, 6.45) is 17.3. The Bertz CT molecular complexity index is 2650. The maximum absolute atomic E-state index is 17.2. The lowest BCUT2D eigenvalue weighted by Gasteiger charge is -2.41. The third kappa shape index (κ3) is 9.17. The highest BCUT2D eigenvalue weighted by molar-refractivity contribution is 6.03. The number of aromatic nitrogens is 3. The summed E-state index contributed by atoms with van der Waals surface area (Å²) in [6.45, 7) is 4.11. The Kier molecular flexibility index (Phi) is 13.2. The van der Waals surface area contributed by atoms with Gasteiger partial charge >= 0.3 is 18.1 Å². The number of alkyl halides is 1. The van der Waals surface area contributed by atoms with E-state index >= 15 is 8.78 Å². The summed E-state index contributed by atoms with van der Waals surface area (Å²) in [6, 6.07) is 11.7. The summed E-state index contributed by atoms with van der Waals surface area (Å²) in [5.74, 6) is 1.17. The van der Waals surface area contributed by atoms with Gasteiger partial charge in [0.15, 0.2) is 5.82 Å². The Morgan fingerprint density at radius 3 is 2.48 bits per heavy atom. The number of fused-ring (bicyclic) bond motifs is 5. The number of halogens is 3. The second-order valence-electron chi connectivity index (χ2n) is 18.3. The van der Waals surface area contributed by atoms with Crippen LogP contribution in [0.2, 0.25) is 0 Å². The number of phenolic OH excluding ortho intramolecular Hbond substituents is 1. The van der Waals surface area contributed by atoms with Crippen LogP contribution in [0.5, 0.6) is 17.5 Å². The number of esters is 1. The first-order valence-electron chi connectivity index (χ1n) is 23.3. The molecule has 15 heteroatoms. The van der Waals surface area contributed by atoms with Gasteiger partial charge < -0.3 is 24.2 Å². The van der Waals surface area contributed by atoms with Crippen molar-refractivity contribution in [1.82, 2.24) is 24.8 Å². The lowest BCUT2D eigenvalue weighted by atomic mass is 9.95. The van der Waals surface area contributed by atoms with Gasteiger partial charge in [0.05, 0.1) is 28.6 Å². The molecular weight excluding hydrogens is 850 g/mol. The van der Waals surface area contributed by atoms with Gasteiger partial charge in [0.2, 0.25) is 0 Å². The van der Waals surface area contributed by atoms with E-state index in [2.05, 4.69) is 27.7 Å². The van der Waals surface area contributed by atoms with Crippen LogP contribution in [0.3, 0.4) is 0 Å². The number of piperazine rings is 1. The highest BCUT2D eigenvalue weighted by Gasteiger charge is 2.50. The minimum Gasteiger partial charge on any atom is -0.508 e. The van der Waals surface area contributed by atoms with Crippen LogP contribution >= 0.6 is 0 Å². The first-order chi connectivity index (χ1) is 32.0. The average Bonchev–Trinajstić information content (AvgIpc) is 3.93.